The second-order valence-electron chi connectivity index (χ2n) is 9.60. The summed E-state index contributed by atoms with van der Waals surface area (Å²) in [6.45, 7) is 2.72. The smallest absolute Gasteiger partial charge is 0.269 e. The summed E-state index contributed by atoms with van der Waals surface area (Å²) >= 11 is 6.29. The van der Waals surface area contributed by atoms with Crippen LogP contribution in [0.2, 0.25) is 5.02 Å². The van der Waals surface area contributed by atoms with Crippen LogP contribution in [0.25, 0.3) is 10.8 Å². The van der Waals surface area contributed by atoms with Gasteiger partial charge < -0.3 is 10.6 Å². The number of aromatic nitrogens is 1. The van der Waals surface area contributed by atoms with Crippen LogP contribution in [0.3, 0.4) is 0 Å². The normalized spacial score (nSPS) is 15.8. The van der Waals surface area contributed by atoms with Gasteiger partial charge in [0.2, 0.25) is 11.8 Å². The van der Waals surface area contributed by atoms with E-state index in [0.717, 1.165) is 27.5 Å². The van der Waals surface area contributed by atoms with Crippen molar-refractivity contribution in [2.24, 2.45) is 0 Å². The number of nitro groups is 1. The molecule has 2 atom stereocenters. The summed E-state index contributed by atoms with van der Waals surface area (Å²) in [5.74, 6) is -0.969. The number of pyridine rings is 1. The third kappa shape index (κ3) is 5.89. The van der Waals surface area contributed by atoms with Gasteiger partial charge in [-0.2, -0.15) is 0 Å². The highest BCUT2D eigenvalue weighted by molar-refractivity contribution is 6.30. The third-order valence-corrected chi connectivity index (χ3v) is 7.14. The Hall–Kier alpha value is -4.34. The lowest BCUT2D eigenvalue weighted by atomic mass is 9.88. The molecule has 10 heteroatoms. The fraction of sp³-hybridized carbons (Fsp3) is 0.207. The second-order valence-corrected chi connectivity index (χ2v) is 10.0. The van der Waals surface area contributed by atoms with Crippen molar-refractivity contribution in [3.8, 4) is 0 Å². The van der Waals surface area contributed by atoms with E-state index in [0.29, 0.717) is 23.8 Å². The van der Waals surface area contributed by atoms with E-state index >= 15 is 0 Å². The predicted molar refractivity (Wildman–Crippen MR) is 149 cm³/mol. The molecule has 3 aromatic carbocycles. The maximum absolute atomic E-state index is 13.6. The number of amides is 2. The van der Waals surface area contributed by atoms with Crippen LogP contribution in [-0.4, -0.2) is 39.7 Å². The summed E-state index contributed by atoms with van der Waals surface area (Å²) in [6.07, 6.45) is 3.38. The number of hydrogen-bond donors (Lipinski definition) is 2. The number of halogens is 1. The van der Waals surface area contributed by atoms with E-state index in [-0.39, 0.29) is 30.1 Å². The Kier molecular flexibility index (Phi) is 7.53. The topological polar surface area (TPSA) is 117 Å². The number of hydrogen-bond acceptors (Lipinski definition) is 6. The van der Waals surface area contributed by atoms with E-state index in [4.69, 9.17) is 11.6 Å². The Bertz CT molecular complexity index is 1550. The van der Waals surface area contributed by atoms with Crippen LogP contribution in [0.5, 0.6) is 0 Å². The highest BCUT2D eigenvalue weighted by Gasteiger charge is 2.32. The van der Waals surface area contributed by atoms with Gasteiger partial charge in [-0.3, -0.25) is 29.6 Å². The van der Waals surface area contributed by atoms with Gasteiger partial charge in [0.05, 0.1) is 35.3 Å². The van der Waals surface area contributed by atoms with Gasteiger partial charge in [-0.15, -0.1) is 0 Å². The fourth-order valence-electron chi connectivity index (χ4n) is 4.93. The number of non-ortho nitro benzene ring substituents is 1. The number of rotatable bonds is 7. The molecule has 0 spiro atoms. The highest BCUT2D eigenvalue weighted by atomic mass is 35.5. The number of nitrogens with one attached hydrogen (secondary N) is 2. The summed E-state index contributed by atoms with van der Waals surface area (Å²) in [4.78, 5) is 43.2. The van der Waals surface area contributed by atoms with Crippen LogP contribution in [0.4, 0.5) is 11.4 Å². The lowest BCUT2D eigenvalue weighted by Gasteiger charge is -2.34. The van der Waals surface area contributed by atoms with Gasteiger partial charge in [-0.25, -0.2) is 0 Å². The molecule has 5 rings (SSSR count). The molecule has 0 unspecified atom stereocenters. The highest BCUT2D eigenvalue weighted by Crippen LogP contribution is 2.32. The number of fused-ring (bicyclic) bond motifs is 2. The van der Waals surface area contributed by atoms with Gasteiger partial charge >= 0.3 is 0 Å². The standard InChI is InChI=1S/C29H26ClN5O4/c1-18(19-7-10-23(11-8-19)35(38)39)32-28(36)17-34-15-21-6-9-22(30)12-25(21)26(16-34)29(37)33-27-14-31-13-20-4-2-3-5-24(20)27/h2-14,18,26H,15-17H2,1H3,(H,32,36)(H,33,37)/t18-,26+/m0/s1. The molecule has 1 aromatic heterocycles. The molecule has 2 N–H and O–H groups in total. The quantitative estimate of drug-likeness (QED) is 0.244. The number of carbonyl (C=O) groups is 2. The largest absolute Gasteiger partial charge is 0.348 e. The number of nitro benzene ring substituents is 1. The molecule has 39 heavy (non-hydrogen) atoms. The molecule has 0 radical (unpaired) electrons. The van der Waals surface area contributed by atoms with Crippen molar-refractivity contribution >= 4 is 45.6 Å². The first-order valence-corrected chi connectivity index (χ1v) is 12.8. The molecular weight excluding hydrogens is 518 g/mol. The van der Waals surface area contributed by atoms with Crippen molar-refractivity contribution in [1.82, 2.24) is 15.2 Å². The van der Waals surface area contributed by atoms with Crippen molar-refractivity contribution in [3.05, 3.63) is 111 Å². The van der Waals surface area contributed by atoms with Gasteiger partial charge in [-0.05, 0) is 35.7 Å². The molecule has 9 nitrogen and oxygen atoms in total. The zero-order valence-electron chi connectivity index (χ0n) is 21.1. The molecule has 2 amide bonds. The van der Waals surface area contributed by atoms with Gasteiger partial charge in [0.25, 0.3) is 5.69 Å². The molecule has 1 aliphatic rings. The zero-order chi connectivity index (χ0) is 27.5. The first-order chi connectivity index (χ1) is 18.8. The molecule has 1 aliphatic heterocycles. The molecule has 0 saturated heterocycles. The van der Waals surface area contributed by atoms with Crippen LogP contribution in [-0.2, 0) is 16.1 Å². The summed E-state index contributed by atoms with van der Waals surface area (Å²) in [6, 6.07) is 18.9. The van der Waals surface area contributed by atoms with Crippen LogP contribution in [0.1, 0.15) is 35.6 Å². The van der Waals surface area contributed by atoms with Crippen LogP contribution in [0.15, 0.2) is 79.1 Å². The SMILES string of the molecule is C[C@H](NC(=O)CN1Cc2ccc(Cl)cc2[C@H](C(=O)Nc2cncc3ccccc23)C1)c1ccc([N+](=O)[O-])cc1. The van der Waals surface area contributed by atoms with Crippen molar-refractivity contribution in [1.29, 1.82) is 0 Å². The minimum Gasteiger partial charge on any atom is -0.348 e. The molecule has 2 heterocycles. The molecule has 4 aromatic rings. The van der Waals surface area contributed by atoms with Gasteiger partial charge in [0, 0.05) is 47.2 Å². The number of benzene rings is 3. The minimum absolute atomic E-state index is 0.00652. The molecular formula is C29H26ClN5O4. The predicted octanol–water partition coefficient (Wildman–Crippen LogP) is 5.21. The average Bonchev–Trinajstić information content (AvgIpc) is 2.93. The lowest BCUT2D eigenvalue weighted by Crippen LogP contribution is -2.44. The van der Waals surface area contributed by atoms with E-state index < -0.39 is 10.8 Å². The first kappa shape index (κ1) is 26.3. The second kappa shape index (κ2) is 11.2. The Morgan fingerprint density at radius 2 is 1.90 bits per heavy atom. The average molecular weight is 544 g/mol. The van der Waals surface area contributed by atoms with Crippen molar-refractivity contribution in [3.63, 3.8) is 0 Å². The Balaban J connectivity index is 1.31. The van der Waals surface area contributed by atoms with Crippen molar-refractivity contribution in [2.75, 3.05) is 18.4 Å². The van der Waals surface area contributed by atoms with Crippen molar-refractivity contribution in [2.45, 2.75) is 25.4 Å². The Labute approximate surface area is 229 Å². The Morgan fingerprint density at radius 1 is 1.13 bits per heavy atom. The van der Waals surface area contributed by atoms with Crippen molar-refractivity contribution < 1.29 is 14.5 Å². The van der Waals surface area contributed by atoms with E-state index in [1.165, 1.54) is 12.1 Å². The maximum atomic E-state index is 13.6. The monoisotopic (exact) mass is 543 g/mol. The molecule has 0 aliphatic carbocycles. The van der Waals surface area contributed by atoms with Crippen LogP contribution < -0.4 is 10.6 Å². The number of anilines is 1. The summed E-state index contributed by atoms with van der Waals surface area (Å²) in [7, 11) is 0. The van der Waals surface area contributed by atoms with E-state index in [1.54, 1.807) is 30.6 Å². The van der Waals surface area contributed by atoms with E-state index in [1.807, 2.05) is 48.2 Å². The van der Waals surface area contributed by atoms with Crippen LogP contribution in [0, 0.1) is 10.1 Å². The molecule has 0 saturated carbocycles. The van der Waals surface area contributed by atoms with Crippen LogP contribution >= 0.6 is 11.6 Å². The summed E-state index contributed by atoms with van der Waals surface area (Å²) in [5.41, 5.74) is 3.14. The van der Waals surface area contributed by atoms with E-state index in [9.17, 15) is 19.7 Å². The zero-order valence-corrected chi connectivity index (χ0v) is 21.9. The molecule has 0 bridgehead atoms. The van der Waals surface area contributed by atoms with Gasteiger partial charge in [-0.1, -0.05) is 54.1 Å². The Morgan fingerprint density at radius 3 is 2.67 bits per heavy atom. The fourth-order valence-corrected chi connectivity index (χ4v) is 5.12. The first-order valence-electron chi connectivity index (χ1n) is 12.5. The van der Waals surface area contributed by atoms with Gasteiger partial charge in [0.1, 0.15) is 0 Å². The van der Waals surface area contributed by atoms with E-state index in [2.05, 4.69) is 15.6 Å². The summed E-state index contributed by atoms with van der Waals surface area (Å²) < 4.78 is 0. The maximum Gasteiger partial charge on any atom is 0.269 e. The number of nitrogens with zero attached hydrogens (tertiary/aromatic N) is 3. The third-order valence-electron chi connectivity index (χ3n) is 6.91. The lowest BCUT2D eigenvalue weighted by molar-refractivity contribution is -0.384. The summed E-state index contributed by atoms with van der Waals surface area (Å²) in [5, 5.41) is 19.2. The number of carbonyl (C=O) groups excluding carboxylic acids is 2. The van der Waals surface area contributed by atoms with Gasteiger partial charge in [0.15, 0.2) is 0 Å². The minimum atomic E-state index is -0.550. The molecule has 198 valence electrons. The molecule has 0 fully saturated rings.